The molecule has 0 saturated heterocycles. The number of aromatic carboxylic acids is 1. The van der Waals surface area contributed by atoms with Crippen molar-refractivity contribution in [1.29, 1.82) is 0 Å². The lowest BCUT2D eigenvalue weighted by Crippen LogP contribution is -2.36. The number of alkyl carbamates (subject to hydrolysis) is 1. The van der Waals surface area contributed by atoms with Crippen molar-refractivity contribution in [2.75, 3.05) is 18.5 Å². The highest BCUT2D eigenvalue weighted by atomic mass is 16.5. The average molecular weight is 460 g/mol. The maximum atomic E-state index is 12.6. The Hall–Kier alpha value is -4.20. The van der Waals surface area contributed by atoms with E-state index in [1.165, 1.54) is 18.5 Å². The van der Waals surface area contributed by atoms with Crippen LogP contribution in [0.2, 0.25) is 0 Å². The molecule has 8 nitrogen and oxygen atoms in total. The molecule has 3 aromatic rings. The molecule has 1 unspecified atom stereocenters. The standard InChI is InChI=1S/C26H25N3O5/c1-2-16(24(30)29-18-11-17(25(31)32)12-27-14-18)13-28-26(33)34-15-23-21-9-5-3-7-19(21)20-8-4-6-10-22(20)23/h3-12,14,16,23H,2,13,15H2,1H3,(H,28,33)(H,29,30)(H,31,32). The number of hydrogen-bond donors (Lipinski definition) is 3. The van der Waals surface area contributed by atoms with Crippen LogP contribution in [0, 0.1) is 5.92 Å². The first-order chi connectivity index (χ1) is 16.5. The van der Waals surface area contributed by atoms with Gasteiger partial charge in [0.25, 0.3) is 0 Å². The molecule has 1 aliphatic carbocycles. The summed E-state index contributed by atoms with van der Waals surface area (Å²) in [5.74, 6) is -2.04. The lowest BCUT2D eigenvalue weighted by Gasteiger charge is -2.17. The molecule has 0 bridgehead atoms. The van der Waals surface area contributed by atoms with Crippen molar-refractivity contribution >= 4 is 23.7 Å². The third-order valence-electron chi connectivity index (χ3n) is 5.95. The van der Waals surface area contributed by atoms with Crippen LogP contribution < -0.4 is 10.6 Å². The Balaban J connectivity index is 1.32. The fraction of sp³-hybridized carbons (Fsp3) is 0.231. The van der Waals surface area contributed by atoms with E-state index in [9.17, 15) is 14.4 Å². The molecule has 1 heterocycles. The van der Waals surface area contributed by atoms with Gasteiger partial charge in [0.05, 0.1) is 23.4 Å². The van der Waals surface area contributed by atoms with Gasteiger partial charge in [-0.25, -0.2) is 9.59 Å². The number of rotatable bonds is 8. The third-order valence-corrected chi connectivity index (χ3v) is 5.95. The highest BCUT2D eigenvalue weighted by Gasteiger charge is 2.29. The fourth-order valence-corrected chi connectivity index (χ4v) is 4.15. The molecule has 1 aromatic heterocycles. The molecule has 2 amide bonds. The molecular weight excluding hydrogens is 434 g/mol. The van der Waals surface area contributed by atoms with Crippen LogP contribution in [0.25, 0.3) is 11.1 Å². The van der Waals surface area contributed by atoms with E-state index in [1.807, 2.05) is 43.3 Å². The van der Waals surface area contributed by atoms with E-state index < -0.39 is 18.0 Å². The van der Waals surface area contributed by atoms with Gasteiger partial charge in [-0.1, -0.05) is 55.5 Å². The molecule has 0 aliphatic heterocycles. The Morgan fingerprint density at radius 3 is 2.29 bits per heavy atom. The summed E-state index contributed by atoms with van der Waals surface area (Å²) in [6.07, 6.45) is 2.45. The second-order valence-corrected chi connectivity index (χ2v) is 8.07. The van der Waals surface area contributed by atoms with Crippen LogP contribution >= 0.6 is 0 Å². The molecule has 1 atom stereocenters. The third kappa shape index (κ3) is 4.91. The lowest BCUT2D eigenvalue weighted by molar-refractivity contribution is -0.119. The van der Waals surface area contributed by atoms with Crippen molar-refractivity contribution < 1.29 is 24.2 Å². The molecule has 0 radical (unpaired) electrons. The Bertz CT molecular complexity index is 1180. The topological polar surface area (TPSA) is 118 Å². The highest BCUT2D eigenvalue weighted by molar-refractivity contribution is 5.94. The van der Waals surface area contributed by atoms with Crippen molar-refractivity contribution in [3.8, 4) is 11.1 Å². The average Bonchev–Trinajstić information content (AvgIpc) is 3.17. The van der Waals surface area contributed by atoms with Crippen LogP contribution in [0.4, 0.5) is 10.5 Å². The van der Waals surface area contributed by atoms with Crippen molar-refractivity contribution in [1.82, 2.24) is 10.3 Å². The van der Waals surface area contributed by atoms with Gasteiger partial charge < -0.3 is 20.5 Å². The first-order valence-corrected chi connectivity index (χ1v) is 11.1. The quantitative estimate of drug-likeness (QED) is 0.463. The van der Waals surface area contributed by atoms with Crippen molar-refractivity contribution in [2.45, 2.75) is 19.3 Å². The van der Waals surface area contributed by atoms with Gasteiger partial charge in [-0.15, -0.1) is 0 Å². The maximum absolute atomic E-state index is 12.6. The largest absolute Gasteiger partial charge is 0.478 e. The van der Waals surface area contributed by atoms with Gasteiger partial charge in [-0.2, -0.15) is 0 Å². The number of ether oxygens (including phenoxy) is 1. The maximum Gasteiger partial charge on any atom is 0.407 e. The van der Waals surface area contributed by atoms with Crippen molar-refractivity contribution in [3.63, 3.8) is 0 Å². The second kappa shape index (κ2) is 10.2. The predicted molar refractivity (Wildman–Crippen MR) is 127 cm³/mol. The number of hydrogen-bond acceptors (Lipinski definition) is 5. The second-order valence-electron chi connectivity index (χ2n) is 8.07. The van der Waals surface area contributed by atoms with E-state index in [-0.39, 0.29) is 36.2 Å². The van der Waals surface area contributed by atoms with Crippen molar-refractivity contribution in [2.24, 2.45) is 5.92 Å². The molecule has 0 spiro atoms. The SMILES string of the molecule is CCC(CNC(=O)OCC1c2ccccc2-c2ccccc21)C(=O)Nc1cncc(C(=O)O)c1. The molecule has 0 fully saturated rings. The monoisotopic (exact) mass is 459 g/mol. The van der Waals surface area contributed by atoms with Crippen LogP contribution in [0.3, 0.4) is 0 Å². The molecule has 0 saturated carbocycles. The summed E-state index contributed by atoms with van der Waals surface area (Å²) in [6, 6.07) is 17.5. The number of carbonyl (C=O) groups excluding carboxylic acids is 2. The Morgan fingerprint density at radius 2 is 1.68 bits per heavy atom. The molecule has 2 aromatic carbocycles. The smallest absolute Gasteiger partial charge is 0.407 e. The van der Waals surface area contributed by atoms with Crippen LogP contribution in [0.5, 0.6) is 0 Å². The van der Waals surface area contributed by atoms with Crippen LogP contribution in [-0.2, 0) is 9.53 Å². The molecule has 174 valence electrons. The zero-order valence-electron chi connectivity index (χ0n) is 18.7. The fourth-order valence-electron chi connectivity index (χ4n) is 4.15. The van der Waals surface area contributed by atoms with E-state index in [4.69, 9.17) is 9.84 Å². The number of aromatic nitrogens is 1. The van der Waals surface area contributed by atoms with E-state index in [0.717, 1.165) is 22.3 Å². The number of amides is 2. The van der Waals surface area contributed by atoms with Gasteiger partial charge in [0.1, 0.15) is 6.61 Å². The first-order valence-electron chi connectivity index (χ1n) is 11.1. The van der Waals surface area contributed by atoms with Gasteiger partial charge in [-0.05, 0) is 34.7 Å². The van der Waals surface area contributed by atoms with Crippen LogP contribution in [-0.4, -0.2) is 41.2 Å². The van der Waals surface area contributed by atoms with Crippen molar-refractivity contribution in [3.05, 3.63) is 83.7 Å². The number of benzene rings is 2. The summed E-state index contributed by atoms with van der Waals surface area (Å²) in [4.78, 5) is 39.9. The minimum atomic E-state index is -1.13. The minimum Gasteiger partial charge on any atom is -0.478 e. The van der Waals surface area contributed by atoms with Crippen LogP contribution in [0.15, 0.2) is 67.0 Å². The summed E-state index contributed by atoms with van der Waals surface area (Å²) < 4.78 is 5.52. The number of anilines is 1. The van der Waals surface area contributed by atoms with E-state index in [2.05, 4.69) is 27.8 Å². The van der Waals surface area contributed by atoms with E-state index in [0.29, 0.717) is 6.42 Å². The van der Waals surface area contributed by atoms with E-state index in [1.54, 1.807) is 0 Å². The molecule has 3 N–H and O–H groups in total. The number of carbonyl (C=O) groups is 3. The molecule has 34 heavy (non-hydrogen) atoms. The highest BCUT2D eigenvalue weighted by Crippen LogP contribution is 2.44. The minimum absolute atomic E-state index is 0.0254. The van der Waals surface area contributed by atoms with Gasteiger partial charge in [0.2, 0.25) is 5.91 Å². The normalized spacial score (nSPS) is 12.9. The number of nitrogens with zero attached hydrogens (tertiary/aromatic N) is 1. The lowest BCUT2D eigenvalue weighted by atomic mass is 9.98. The summed E-state index contributed by atoms with van der Waals surface area (Å²) in [7, 11) is 0. The van der Waals surface area contributed by atoms with Gasteiger partial charge in [0.15, 0.2) is 0 Å². The summed E-state index contributed by atoms with van der Waals surface area (Å²) in [5, 5.41) is 14.4. The predicted octanol–water partition coefficient (Wildman–Crippen LogP) is 4.28. The molecule has 4 rings (SSSR count). The summed E-state index contributed by atoms with van der Waals surface area (Å²) in [6.45, 7) is 2.11. The first kappa shape index (κ1) is 23.0. The number of fused-ring (bicyclic) bond motifs is 3. The van der Waals surface area contributed by atoms with Crippen LogP contribution in [0.1, 0.15) is 40.7 Å². The van der Waals surface area contributed by atoms with Gasteiger partial charge >= 0.3 is 12.1 Å². The zero-order chi connectivity index (χ0) is 24.1. The zero-order valence-corrected chi connectivity index (χ0v) is 18.7. The number of nitrogens with one attached hydrogen (secondary N) is 2. The Morgan fingerprint density at radius 1 is 1.03 bits per heavy atom. The molecule has 8 heteroatoms. The number of carboxylic acids is 1. The Labute approximate surface area is 197 Å². The van der Waals surface area contributed by atoms with Gasteiger partial charge in [-0.3, -0.25) is 9.78 Å². The summed E-state index contributed by atoms with van der Waals surface area (Å²) >= 11 is 0. The molecular formula is C26H25N3O5. The summed E-state index contributed by atoms with van der Waals surface area (Å²) in [5.41, 5.74) is 4.80. The molecule has 1 aliphatic rings. The number of pyridine rings is 1. The van der Waals surface area contributed by atoms with Gasteiger partial charge in [0, 0.05) is 18.7 Å². The Kier molecular flexibility index (Phi) is 6.87. The van der Waals surface area contributed by atoms with E-state index >= 15 is 0 Å². The number of carboxylic acid groups (broad SMARTS) is 1.